The zero-order valence-electron chi connectivity index (χ0n) is 8.41. The maximum atomic E-state index is 4.35. The molecule has 0 bridgehead atoms. The first-order valence-electron chi connectivity index (χ1n) is 4.75. The third-order valence-corrected chi connectivity index (χ3v) is 2.35. The van der Waals surface area contributed by atoms with Crippen LogP contribution in [0.2, 0.25) is 0 Å². The second kappa shape index (κ2) is 5.81. The summed E-state index contributed by atoms with van der Waals surface area (Å²) in [5.74, 6) is 1.01. The van der Waals surface area contributed by atoms with Gasteiger partial charge in [-0.2, -0.15) is 0 Å². The van der Waals surface area contributed by atoms with E-state index in [2.05, 4.69) is 39.3 Å². The van der Waals surface area contributed by atoms with Crippen LogP contribution in [0.25, 0.3) is 0 Å². The molecule has 0 aromatic carbocycles. The summed E-state index contributed by atoms with van der Waals surface area (Å²) < 4.78 is 1.01. The molecule has 0 saturated heterocycles. The van der Waals surface area contributed by atoms with Crippen LogP contribution in [0.1, 0.15) is 13.3 Å². The summed E-state index contributed by atoms with van der Waals surface area (Å²) >= 11 is 3.37. The first-order valence-corrected chi connectivity index (χ1v) is 5.54. The Labute approximate surface area is 93.8 Å². The zero-order valence-corrected chi connectivity index (χ0v) is 10.00. The molecule has 1 aromatic heterocycles. The monoisotopic (exact) mass is 254 g/mol. The topological polar surface area (TPSA) is 16.1 Å². The summed E-state index contributed by atoms with van der Waals surface area (Å²) in [6.45, 7) is 7.77. The first-order chi connectivity index (χ1) is 6.77. The Morgan fingerprint density at radius 3 is 2.86 bits per heavy atom. The molecular formula is C11H15BrN2. The van der Waals surface area contributed by atoms with E-state index in [0.717, 1.165) is 29.8 Å². The predicted octanol–water partition coefficient (Wildman–Crippen LogP) is 3.25. The number of nitrogens with zero attached hydrogens (tertiary/aromatic N) is 2. The van der Waals surface area contributed by atoms with Gasteiger partial charge in [0.25, 0.3) is 0 Å². The molecule has 76 valence electrons. The van der Waals surface area contributed by atoms with Crippen LogP contribution in [0, 0.1) is 0 Å². The molecule has 3 heteroatoms. The normalized spacial score (nSPS) is 9.86. The smallest absolute Gasteiger partial charge is 0.128 e. The second-order valence-corrected chi connectivity index (χ2v) is 3.98. The van der Waals surface area contributed by atoms with Crippen molar-refractivity contribution in [2.24, 2.45) is 0 Å². The van der Waals surface area contributed by atoms with E-state index in [-0.39, 0.29) is 0 Å². The SMILES string of the molecule is C=CCN(CCC)c1ccc(Br)cn1. The summed E-state index contributed by atoms with van der Waals surface area (Å²) in [6.07, 6.45) is 4.84. The number of halogens is 1. The van der Waals surface area contributed by atoms with Crippen LogP contribution in [-0.2, 0) is 0 Å². The van der Waals surface area contributed by atoms with E-state index in [4.69, 9.17) is 0 Å². The Kier molecular flexibility index (Phi) is 4.66. The molecule has 2 nitrogen and oxygen atoms in total. The van der Waals surface area contributed by atoms with Crippen molar-refractivity contribution in [2.75, 3.05) is 18.0 Å². The van der Waals surface area contributed by atoms with Gasteiger partial charge in [-0.25, -0.2) is 4.98 Å². The van der Waals surface area contributed by atoms with Crippen LogP contribution in [0.3, 0.4) is 0 Å². The molecular weight excluding hydrogens is 240 g/mol. The molecule has 1 aromatic rings. The van der Waals surface area contributed by atoms with E-state index in [0.29, 0.717) is 0 Å². The standard InChI is InChI=1S/C11H15BrN2/c1-3-7-14(8-4-2)11-6-5-10(12)9-13-11/h3,5-6,9H,1,4,7-8H2,2H3. The molecule has 14 heavy (non-hydrogen) atoms. The number of rotatable bonds is 5. The molecule has 0 unspecified atom stereocenters. The summed E-state index contributed by atoms with van der Waals surface area (Å²) in [5, 5.41) is 0. The molecule has 0 aliphatic heterocycles. The predicted molar refractivity (Wildman–Crippen MR) is 64.6 cm³/mol. The summed E-state index contributed by atoms with van der Waals surface area (Å²) in [6, 6.07) is 4.03. The van der Waals surface area contributed by atoms with Gasteiger partial charge < -0.3 is 4.90 Å². The lowest BCUT2D eigenvalue weighted by molar-refractivity contribution is 0.802. The highest BCUT2D eigenvalue weighted by molar-refractivity contribution is 9.10. The Morgan fingerprint density at radius 2 is 2.36 bits per heavy atom. The van der Waals surface area contributed by atoms with Crippen molar-refractivity contribution in [2.45, 2.75) is 13.3 Å². The maximum absolute atomic E-state index is 4.35. The van der Waals surface area contributed by atoms with Crippen molar-refractivity contribution in [3.63, 3.8) is 0 Å². The molecule has 0 aliphatic rings. The number of aromatic nitrogens is 1. The lowest BCUT2D eigenvalue weighted by Gasteiger charge is -2.21. The highest BCUT2D eigenvalue weighted by atomic mass is 79.9. The van der Waals surface area contributed by atoms with Gasteiger partial charge in [0.05, 0.1) is 0 Å². The lowest BCUT2D eigenvalue weighted by atomic mass is 10.3. The van der Waals surface area contributed by atoms with Crippen molar-refractivity contribution >= 4 is 21.7 Å². The van der Waals surface area contributed by atoms with Gasteiger partial charge in [-0.05, 0) is 34.5 Å². The third-order valence-electron chi connectivity index (χ3n) is 1.88. The van der Waals surface area contributed by atoms with Crippen molar-refractivity contribution in [3.05, 3.63) is 35.5 Å². The van der Waals surface area contributed by atoms with E-state index < -0.39 is 0 Å². The maximum Gasteiger partial charge on any atom is 0.128 e. The van der Waals surface area contributed by atoms with Gasteiger partial charge in [0.1, 0.15) is 5.82 Å². The van der Waals surface area contributed by atoms with Crippen molar-refractivity contribution in [1.29, 1.82) is 0 Å². The van der Waals surface area contributed by atoms with Crippen LogP contribution >= 0.6 is 15.9 Å². The second-order valence-electron chi connectivity index (χ2n) is 3.07. The fraction of sp³-hybridized carbons (Fsp3) is 0.364. The minimum Gasteiger partial charge on any atom is -0.353 e. The highest BCUT2D eigenvalue weighted by Crippen LogP contribution is 2.14. The summed E-state index contributed by atoms with van der Waals surface area (Å²) in [5.41, 5.74) is 0. The van der Waals surface area contributed by atoms with Crippen LogP contribution < -0.4 is 4.90 Å². The Morgan fingerprint density at radius 1 is 1.57 bits per heavy atom. The van der Waals surface area contributed by atoms with Gasteiger partial charge in [0.2, 0.25) is 0 Å². The Hall–Kier alpha value is -0.830. The molecule has 0 spiro atoms. The van der Waals surface area contributed by atoms with E-state index in [1.54, 1.807) is 0 Å². The van der Waals surface area contributed by atoms with E-state index in [1.807, 2.05) is 24.4 Å². The fourth-order valence-corrected chi connectivity index (χ4v) is 1.51. The van der Waals surface area contributed by atoms with Gasteiger partial charge in [-0.3, -0.25) is 0 Å². The van der Waals surface area contributed by atoms with Gasteiger partial charge in [0, 0.05) is 23.8 Å². The van der Waals surface area contributed by atoms with Gasteiger partial charge >= 0.3 is 0 Å². The highest BCUT2D eigenvalue weighted by Gasteiger charge is 2.03. The summed E-state index contributed by atoms with van der Waals surface area (Å²) in [7, 11) is 0. The molecule has 0 N–H and O–H groups in total. The van der Waals surface area contributed by atoms with E-state index in [9.17, 15) is 0 Å². The van der Waals surface area contributed by atoms with Gasteiger partial charge in [-0.1, -0.05) is 13.0 Å². The van der Waals surface area contributed by atoms with Crippen molar-refractivity contribution in [3.8, 4) is 0 Å². The quantitative estimate of drug-likeness (QED) is 0.751. The van der Waals surface area contributed by atoms with Crippen LogP contribution in [-0.4, -0.2) is 18.1 Å². The number of hydrogen-bond acceptors (Lipinski definition) is 2. The Bertz CT molecular complexity index is 282. The molecule has 0 atom stereocenters. The van der Waals surface area contributed by atoms with Gasteiger partial charge in [0.15, 0.2) is 0 Å². The molecule has 0 radical (unpaired) electrons. The molecule has 1 heterocycles. The average Bonchev–Trinajstić information content (AvgIpc) is 2.19. The number of hydrogen-bond donors (Lipinski definition) is 0. The zero-order chi connectivity index (χ0) is 10.4. The molecule has 0 aliphatic carbocycles. The van der Waals surface area contributed by atoms with E-state index in [1.165, 1.54) is 0 Å². The average molecular weight is 255 g/mol. The fourth-order valence-electron chi connectivity index (χ4n) is 1.28. The lowest BCUT2D eigenvalue weighted by Crippen LogP contribution is -2.24. The molecule has 0 fully saturated rings. The first kappa shape index (κ1) is 11.2. The number of pyridine rings is 1. The molecule has 0 amide bonds. The largest absolute Gasteiger partial charge is 0.353 e. The Balaban J connectivity index is 2.76. The minimum absolute atomic E-state index is 0.850. The van der Waals surface area contributed by atoms with E-state index >= 15 is 0 Å². The van der Waals surface area contributed by atoms with Crippen LogP contribution in [0.4, 0.5) is 5.82 Å². The summed E-state index contributed by atoms with van der Waals surface area (Å²) in [4.78, 5) is 6.55. The van der Waals surface area contributed by atoms with Gasteiger partial charge in [-0.15, -0.1) is 6.58 Å². The van der Waals surface area contributed by atoms with Crippen LogP contribution in [0.5, 0.6) is 0 Å². The van der Waals surface area contributed by atoms with Crippen molar-refractivity contribution in [1.82, 2.24) is 4.98 Å². The van der Waals surface area contributed by atoms with Crippen molar-refractivity contribution < 1.29 is 0 Å². The molecule has 0 saturated carbocycles. The molecule has 1 rings (SSSR count). The number of anilines is 1. The third kappa shape index (κ3) is 3.14. The minimum atomic E-state index is 0.850. The van der Waals surface area contributed by atoms with Crippen LogP contribution in [0.15, 0.2) is 35.5 Å².